The maximum absolute atomic E-state index is 12.3. The van der Waals surface area contributed by atoms with Gasteiger partial charge >= 0.3 is 0 Å². The Morgan fingerprint density at radius 1 is 1.27 bits per heavy atom. The molecule has 0 bridgehead atoms. The summed E-state index contributed by atoms with van der Waals surface area (Å²) < 4.78 is 2.04. The standard InChI is InChI=1S/C21H30N4O/c1-14-4-6-17(7-5-14)13-25-16(3)19(15(2)24-25)10-11-21(26)23-20(12-22)18-8-9-18/h4-7,18,20H,8-13,22H2,1-3H3,(H,23,26). The number of carbonyl (C=O) groups excluding carboxylic acids is 1. The number of nitrogens with one attached hydrogen (secondary N) is 1. The minimum absolute atomic E-state index is 0.0948. The van der Waals surface area contributed by atoms with E-state index in [1.54, 1.807) is 0 Å². The molecule has 0 aliphatic heterocycles. The van der Waals surface area contributed by atoms with E-state index >= 15 is 0 Å². The van der Waals surface area contributed by atoms with Crippen LogP contribution >= 0.6 is 0 Å². The number of amides is 1. The van der Waals surface area contributed by atoms with Gasteiger partial charge in [0.1, 0.15) is 0 Å². The number of nitrogens with zero attached hydrogens (tertiary/aromatic N) is 2. The molecule has 1 aromatic carbocycles. The van der Waals surface area contributed by atoms with Crippen LogP contribution in [0.15, 0.2) is 24.3 Å². The number of nitrogens with two attached hydrogens (primary N) is 1. The molecular formula is C21H30N4O. The van der Waals surface area contributed by atoms with Crippen LogP contribution in [0.1, 0.15) is 47.3 Å². The fraction of sp³-hybridized carbons (Fsp3) is 0.524. The SMILES string of the molecule is Cc1ccc(Cn2nc(C)c(CCC(=O)NC(CN)C3CC3)c2C)cc1. The van der Waals surface area contributed by atoms with E-state index in [1.807, 2.05) is 11.6 Å². The number of hydrogen-bond acceptors (Lipinski definition) is 3. The molecule has 26 heavy (non-hydrogen) atoms. The lowest BCUT2D eigenvalue weighted by Gasteiger charge is -2.16. The summed E-state index contributed by atoms with van der Waals surface area (Å²) in [5.74, 6) is 0.683. The van der Waals surface area contributed by atoms with Gasteiger partial charge in [-0.1, -0.05) is 29.8 Å². The van der Waals surface area contributed by atoms with Gasteiger partial charge < -0.3 is 11.1 Å². The molecule has 5 heteroatoms. The molecule has 3 N–H and O–H groups in total. The van der Waals surface area contributed by atoms with Crippen LogP contribution in [-0.4, -0.2) is 28.3 Å². The van der Waals surface area contributed by atoms with Gasteiger partial charge in [0.2, 0.25) is 5.91 Å². The summed E-state index contributed by atoms with van der Waals surface area (Å²) in [6.45, 7) is 7.50. The van der Waals surface area contributed by atoms with Gasteiger partial charge in [-0.2, -0.15) is 5.10 Å². The molecule has 3 rings (SSSR count). The largest absolute Gasteiger partial charge is 0.352 e. The minimum atomic E-state index is 0.0948. The van der Waals surface area contributed by atoms with Crippen LogP contribution in [-0.2, 0) is 17.8 Å². The van der Waals surface area contributed by atoms with Gasteiger partial charge in [0.25, 0.3) is 0 Å². The van der Waals surface area contributed by atoms with Crippen molar-refractivity contribution in [2.75, 3.05) is 6.54 Å². The van der Waals surface area contributed by atoms with E-state index in [0.29, 0.717) is 18.9 Å². The van der Waals surface area contributed by atoms with Crippen molar-refractivity contribution in [3.05, 3.63) is 52.3 Å². The molecule has 1 aliphatic carbocycles. The van der Waals surface area contributed by atoms with Crippen molar-refractivity contribution in [1.29, 1.82) is 0 Å². The van der Waals surface area contributed by atoms with Crippen LogP contribution in [0.2, 0.25) is 0 Å². The van der Waals surface area contributed by atoms with Crippen LogP contribution in [0.25, 0.3) is 0 Å². The number of aryl methyl sites for hydroxylation is 2. The summed E-state index contributed by atoms with van der Waals surface area (Å²) in [5.41, 5.74) is 11.6. The first kappa shape index (κ1) is 18.6. The van der Waals surface area contributed by atoms with Crippen molar-refractivity contribution in [2.24, 2.45) is 11.7 Å². The van der Waals surface area contributed by atoms with E-state index in [2.05, 4.69) is 48.5 Å². The molecule has 140 valence electrons. The van der Waals surface area contributed by atoms with Crippen molar-refractivity contribution in [2.45, 2.75) is 59.0 Å². The summed E-state index contributed by atoms with van der Waals surface area (Å²) in [7, 11) is 0. The fourth-order valence-corrected chi connectivity index (χ4v) is 3.50. The summed E-state index contributed by atoms with van der Waals surface area (Å²) in [5, 5.41) is 7.78. The maximum Gasteiger partial charge on any atom is 0.220 e. The third-order valence-corrected chi connectivity index (χ3v) is 5.38. The summed E-state index contributed by atoms with van der Waals surface area (Å²) in [6.07, 6.45) is 3.58. The molecule has 1 unspecified atom stereocenters. The van der Waals surface area contributed by atoms with Gasteiger partial charge in [-0.3, -0.25) is 9.48 Å². The molecule has 0 spiro atoms. The first-order valence-electron chi connectivity index (χ1n) is 9.55. The lowest BCUT2D eigenvalue weighted by Crippen LogP contribution is -2.41. The lowest BCUT2D eigenvalue weighted by molar-refractivity contribution is -0.121. The molecule has 1 fully saturated rings. The van der Waals surface area contributed by atoms with Gasteiger partial charge in [0, 0.05) is 24.7 Å². The quantitative estimate of drug-likeness (QED) is 0.765. The predicted octanol–water partition coefficient (Wildman–Crippen LogP) is 2.64. The molecule has 5 nitrogen and oxygen atoms in total. The first-order chi connectivity index (χ1) is 12.5. The van der Waals surface area contributed by atoms with E-state index in [9.17, 15) is 4.79 Å². The number of rotatable bonds is 8. The highest BCUT2D eigenvalue weighted by Crippen LogP contribution is 2.32. The fourth-order valence-electron chi connectivity index (χ4n) is 3.50. The van der Waals surface area contributed by atoms with E-state index < -0.39 is 0 Å². The van der Waals surface area contributed by atoms with E-state index in [1.165, 1.54) is 29.5 Å². The summed E-state index contributed by atoms with van der Waals surface area (Å²) in [6, 6.07) is 8.68. The number of carbonyl (C=O) groups is 1. The smallest absolute Gasteiger partial charge is 0.220 e. The van der Waals surface area contributed by atoms with Crippen molar-refractivity contribution >= 4 is 5.91 Å². The lowest BCUT2D eigenvalue weighted by atomic mass is 10.1. The third-order valence-electron chi connectivity index (χ3n) is 5.38. The predicted molar refractivity (Wildman–Crippen MR) is 104 cm³/mol. The van der Waals surface area contributed by atoms with Gasteiger partial charge in [-0.05, 0) is 57.1 Å². The molecule has 1 aliphatic rings. The zero-order valence-corrected chi connectivity index (χ0v) is 16.1. The normalized spacial score (nSPS) is 15.1. The van der Waals surface area contributed by atoms with Gasteiger partial charge in [0.15, 0.2) is 0 Å². The summed E-state index contributed by atoms with van der Waals surface area (Å²) >= 11 is 0. The maximum atomic E-state index is 12.3. The van der Waals surface area contributed by atoms with E-state index in [0.717, 1.165) is 24.4 Å². The number of hydrogen-bond donors (Lipinski definition) is 2. The second-order valence-corrected chi connectivity index (χ2v) is 7.54. The highest BCUT2D eigenvalue weighted by Gasteiger charge is 2.31. The minimum Gasteiger partial charge on any atom is -0.352 e. The van der Waals surface area contributed by atoms with Gasteiger partial charge in [-0.25, -0.2) is 0 Å². The Hall–Kier alpha value is -2.14. The highest BCUT2D eigenvalue weighted by molar-refractivity contribution is 5.76. The Kier molecular flexibility index (Phi) is 5.77. The molecule has 1 heterocycles. The van der Waals surface area contributed by atoms with Crippen LogP contribution in [0, 0.1) is 26.7 Å². The van der Waals surface area contributed by atoms with Crippen molar-refractivity contribution in [3.8, 4) is 0 Å². The van der Waals surface area contributed by atoms with Gasteiger partial charge in [0.05, 0.1) is 12.2 Å². The average Bonchev–Trinajstić information content (AvgIpc) is 3.42. The highest BCUT2D eigenvalue weighted by atomic mass is 16.1. The number of benzene rings is 1. The molecule has 1 aromatic heterocycles. The molecule has 1 atom stereocenters. The molecule has 2 aromatic rings. The molecular weight excluding hydrogens is 324 g/mol. The first-order valence-corrected chi connectivity index (χ1v) is 9.55. The summed E-state index contributed by atoms with van der Waals surface area (Å²) in [4.78, 5) is 12.3. The van der Waals surface area contributed by atoms with E-state index in [-0.39, 0.29) is 11.9 Å². The van der Waals surface area contributed by atoms with Crippen molar-refractivity contribution in [3.63, 3.8) is 0 Å². The molecule has 0 saturated heterocycles. The second kappa shape index (κ2) is 8.04. The Bertz CT molecular complexity index is 759. The second-order valence-electron chi connectivity index (χ2n) is 7.54. The van der Waals surface area contributed by atoms with Crippen LogP contribution in [0.5, 0.6) is 0 Å². The van der Waals surface area contributed by atoms with Crippen molar-refractivity contribution < 1.29 is 4.79 Å². The third kappa shape index (κ3) is 4.52. The zero-order valence-electron chi connectivity index (χ0n) is 16.1. The van der Waals surface area contributed by atoms with Crippen LogP contribution < -0.4 is 11.1 Å². The Labute approximate surface area is 156 Å². The Morgan fingerprint density at radius 2 is 1.96 bits per heavy atom. The number of aromatic nitrogens is 2. The Morgan fingerprint density at radius 3 is 2.58 bits per heavy atom. The zero-order chi connectivity index (χ0) is 18.7. The van der Waals surface area contributed by atoms with Crippen LogP contribution in [0.3, 0.4) is 0 Å². The van der Waals surface area contributed by atoms with Crippen LogP contribution in [0.4, 0.5) is 0 Å². The molecule has 1 saturated carbocycles. The Balaban J connectivity index is 1.60. The molecule has 1 amide bonds. The van der Waals surface area contributed by atoms with Gasteiger partial charge in [-0.15, -0.1) is 0 Å². The molecule has 0 radical (unpaired) electrons. The average molecular weight is 354 g/mol. The monoisotopic (exact) mass is 354 g/mol. The van der Waals surface area contributed by atoms with Crippen molar-refractivity contribution in [1.82, 2.24) is 15.1 Å². The topological polar surface area (TPSA) is 72.9 Å². The van der Waals surface area contributed by atoms with E-state index in [4.69, 9.17) is 5.73 Å².